The molecule has 0 spiro atoms. The summed E-state index contributed by atoms with van der Waals surface area (Å²) in [6, 6.07) is 3.54. The van der Waals surface area contributed by atoms with Gasteiger partial charge in [-0.05, 0) is 63.7 Å². The maximum atomic E-state index is 12.5. The van der Waals surface area contributed by atoms with Crippen LogP contribution in [0, 0.1) is 0 Å². The fraction of sp³-hybridized carbons (Fsp3) is 0.562. The molecule has 0 N–H and O–H groups in total. The number of methoxy groups -OCH3 is 1. The summed E-state index contributed by atoms with van der Waals surface area (Å²) in [5, 5.41) is 0. The molecule has 6 nitrogen and oxygen atoms in total. The molecule has 0 heterocycles. The minimum absolute atomic E-state index is 0.0781. The Bertz CT molecular complexity index is 717. The number of hydrogen-bond acceptors (Lipinski definition) is 6. The summed E-state index contributed by atoms with van der Waals surface area (Å²) in [5.74, 6) is -1.37. The van der Waals surface area contributed by atoms with E-state index in [1.54, 1.807) is 0 Å². The van der Waals surface area contributed by atoms with E-state index in [1.807, 2.05) is 19.0 Å². The highest BCUT2D eigenvalue weighted by Crippen LogP contribution is 2.28. The molecule has 0 bridgehead atoms. The first kappa shape index (κ1) is 22.2. The molecule has 0 atom stereocenters. The van der Waals surface area contributed by atoms with Crippen LogP contribution < -0.4 is 4.18 Å². The summed E-state index contributed by atoms with van der Waals surface area (Å²) in [5.41, 5.74) is -5.14. The van der Waals surface area contributed by atoms with Crippen molar-refractivity contribution in [1.29, 1.82) is 0 Å². The maximum Gasteiger partial charge on any atom is 0.534 e. The summed E-state index contributed by atoms with van der Waals surface area (Å²) in [7, 11) is -0.801. The molecule has 0 saturated carbocycles. The molecule has 1 aromatic rings. The monoisotopic (exact) mass is 397 g/mol. The molecule has 148 valence electrons. The third kappa shape index (κ3) is 6.83. The molecule has 0 aromatic heterocycles. The Morgan fingerprint density at radius 1 is 1.12 bits per heavy atom. The zero-order valence-corrected chi connectivity index (χ0v) is 15.6. The number of benzene rings is 1. The van der Waals surface area contributed by atoms with Crippen LogP contribution >= 0.6 is 0 Å². The van der Waals surface area contributed by atoms with Gasteiger partial charge in [0, 0.05) is 0 Å². The van der Waals surface area contributed by atoms with Crippen LogP contribution in [0.15, 0.2) is 18.2 Å². The molecule has 0 saturated heterocycles. The molecule has 0 amide bonds. The number of ether oxygens (including phenoxy) is 1. The Morgan fingerprint density at radius 3 is 2.31 bits per heavy atom. The third-order valence-electron chi connectivity index (χ3n) is 3.45. The molecule has 0 aliphatic heterocycles. The Labute approximate surface area is 151 Å². The summed E-state index contributed by atoms with van der Waals surface area (Å²) < 4.78 is 68.5. The number of aryl methyl sites for hydroxylation is 1. The van der Waals surface area contributed by atoms with Gasteiger partial charge in [-0.2, -0.15) is 21.6 Å². The van der Waals surface area contributed by atoms with E-state index in [9.17, 15) is 26.4 Å². The highest BCUT2D eigenvalue weighted by Gasteiger charge is 2.48. The molecular weight excluding hydrogens is 375 g/mol. The molecule has 10 heteroatoms. The van der Waals surface area contributed by atoms with E-state index in [2.05, 4.69) is 8.92 Å². The zero-order chi connectivity index (χ0) is 20.0. The van der Waals surface area contributed by atoms with Crippen LogP contribution in [-0.2, 0) is 21.3 Å². The Kier molecular flexibility index (Phi) is 7.88. The molecule has 0 unspecified atom stereocenters. The molecule has 0 radical (unpaired) electrons. The topological polar surface area (TPSA) is 72.9 Å². The van der Waals surface area contributed by atoms with Gasteiger partial charge < -0.3 is 13.8 Å². The van der Waals surface area contributed by atoms with E-state index < -0.39 is 27.3 Å². The first-order valence-corrected chi connectivity index (χ1v) is 9.25. The second-order valence-electron chi connectivity index (χ2n) is 5.95. The standard InChI is InChI=1S/C16H22F3NO5S/c1-20(2)8-6-4-5-7-12-9-13(15(21)24-3)11-14(10-12)25-26(22,23)16(17,18)19/h9-11H,4-8H2,1-3H3. The van der Waals surface area contributed by atoms with Crippen molar-refractivity contribution in [2.75, 3.05) is 27.7 Å². The Hall–Kier alpha value is -1.81. The van der Waals surface area contributed by atoms with Gasteiger partial charge in [-0.1, -0.05) is 6.42 Å². The third-order valence-corrected chi connectivity index (χ3v) is 4.43. The number of alkyl halides is 3. The first-order valence-electron chi connectivity index (χ1n) is 7.84. The number of rotatable bonds is 9. The fourth-order valence-corrected chi connectivity index (χ4v) is 2.64. The smallest absolute Gasteiger partial charge is 0.465 e. The zero-order valence-electron chi connectivity index (χ0n) is 14.8. The quantitative estimate of drug-likeness (QED) is 0.276. The SMILES string of the molecule is COC(=O)c1cc(CCCCCN(C)C)cc(OS(=O)(=O)C(F)(F)F)c1. The Morgan fingerprint density at radius 2 is 1.77 bits per heavy atom. The molecule has 0 fully saturated rings. The van der Waals surface area contributed by atoms with Gasteiger partial charge in [0.25, 0.3) is 0 Å². The fourth-order valence-electron chi connectivity index (χ4n) is 2.20. The van der Waals surface area contributed by atoms with Crippen LogP contribution in [0.1, 0.15) is 35.2 Å². The number of unbranched alkanes of at least 4 members (excludes halogenated alkanes) is 2. The first-order chi connectivity index (χ1) is 12.0. The number of esters is 1. The van der Waals surface area contributed by atoms with Gasteiger partial charge in [0.15, 0.2) is 0 Å². The van der Waals surface area contributed by atoms with Crippen LogP contribution in [0.2, 0.25) is 0 Å². The van der Waals surface area contributed by atoms with E-state index in [0.717, 1.165) is 39.0 Å². The van der Waals surface area contributed by atoms with Crippen molar-refractivity contribution in [3.05, 3.63) is 29.3 Å². The largest absolute Gasteiger partial charge is 0.534 e. The summed E-state index contributed by atoms with van der Waals surface area (Å²) >= 11 is 0. The maximum absolute atomic E-state index is 12.5. The Balaban J connectivity index is 2.95. The van der Waals surface area contributed by atoms with Gasteiger partial charge in [0.2, 0.25) is 0 Å². The van der Waals surface area contributed by atoms with Crippen LogP contribution in [0.25, 0.3) is 0 Å². The van der Waals surface area contributed by atoms with Crippen molar-refractivity contribution in [2.45, 2.75) is 31.2 Å². The number of halogens is 3. The van der Waals surface area contributed by atoms with Crippen molar-refractivity contribution in [2.24, 2.45) is 0 Å². The minimum Gasteiger partial charge on any atom is -0.465 e. The van der Waals surface area contributed by atoms with Gasteiger partial charge >= 0.3 is 21.6 Å². The number of hydrogen-bond donors (Lipinski definition) is 0. The van der Waals surface area contributed by atoms with Crippen molar-refractivity contribution < 1.29 is 35.3 Å². The molecule has 1 aromatic carbocycles. The molecule has 0 aliphatic rings. The lowest BCUT2D eigenvalue weighted by Crippen LogP contribution is -2.28. The lowest BCUT2D eigenvalue weighted by Gasteiger charge is -2.12. The van der Waals surface area contributed by atoms with E-state index in [0.29, 0.717) is 12.0 Å². The normalized spacial score (nSPS) is 12.3. The predicted molar refractivity (Wildman–Crippen MR) is 89.5 cm³/mol. The molecule has 26 heavy (non-hydrogen) atoms. The van der Waals surface area contributed by atoms with E-state index in [4.69, 9.17) is 0 Å². The second-order valence-corrected chi connectivity index (χ2v) is 7.49. The summed E-state index contributed by atoms with van der Waals surface area (Å²) in [4.78, 5) is 13.7. The lowest BCUT2D eigenvalue weighted by molar-refractivity contribution is -0.0500. The van der Waals surface area contributed by atoms with Crippen LogP contribution in [0.4, 0.5) is 13.2 Å². The number of carbonyl (C=O) groups is 1. The van der Waals surface area contributed by atoms with Crippen molar-refractivity contribution in [3.63, 3.8) is 0 Å². The highest BCUT2D eigenvalue weighted by molar-refractivity contribution is 7.88. The number of carbonyl (C=O) groups excluding carboxylic acids is 1. The van der Waals surface area contributed by atoms with E-state index in [1.165, 1.54) is 12.1 Å². The van der Waals surface area contributed by atoms with E-state index >= 15 is 0 Å². The number of nitrogens with zero attached hydrogens (tertiary/aromatic N) is 1. The van der Waals surface area contributed by atoms with Gasteiger partial charge in [-0.25, -0.2) is 4.79 Å². The van der Waals surface area contributed by atoms with E-state index in [-0.39, 0.29) is 5.56 Å². The molecule has 1 rings (SSSR count). The lowest BCUT2D eigenvalue weighted by atomic mass is 10.0. The summed E-state index contributed by atoms with van der Waals surface area (Å²) in [6.07, 6.45) is 3.00. The van der Waals surface area contributed by atoms with Crippen LogP contribution in [0.5, 0.6) is 5.75 Å². The van der Waals surface area contributed by atoms with Gasteiger partial charge in [0.1, 0.15) is 5.75 Å². The molecular formula is C16H22F3NO5S. The average Bonchev–Trinajstić information content (AvgIpc) is 2.51. The van der Waals surface area contributed by atoms with Crippen LogP contribution in [0.3, 0.4) is 0 Å². The molecule has 0 aliphatic carbocycles. The van der Waals surface area contributed by atoms with Gasteiger partial charge in [0.05, 0.1) is 12.7 Å². The van der Waals surface area contributed by atoms with Gasteiger partial charge in [-0.3, -0.25) is 0 Å². The second kappa shape index (κ2) is 9.22. The highest BCUT2D eigenvalue weighted by atomic mass is 32.2. The van der Waals surface area contributed by atoms with Gasteiger partial charge in [-0.15, -0.1) is 0 Å². The van der Waals surface area contributed by atoms with Crippen molar-refractivity contribution in [3.8, 4) is 5.75 Å². The van der Waals surface area contributed by atoms with Crippen LogP contribution in [-0.4, -0.2) is 52.5 Å². The van der Waals surface area contributed by atoms with Crippen molar-refractivity contribution >= 4 is 16.1 Å². The summed E-state index contributed by atoms with van der Waals surface area (Å²) in [6.45, 7) is 0.903. The predicted octanol–water partition coefficient (Wildman–Crippen LogP) is 2.98. The van der Waals surface area contributed by atoms with Crippen molar-refractivity contribution in [1.82, 2.24) is 4.90 Å². The average molecular weight is 397 g/mol. The minimum atomic E-state index is -5.81.